The summed E-state index contributed by atoms with van der Waals surface area (Å²) in [4.78, 5) is 15.2. The first kappa shape index (κ1) is 60.0. The van der Waals surface area contributed by atoms with Gasteiger partial charge in [-0.3, -0.25) is 4.79 Å². The molecule has 0 aromatic rings. The molecule has 0 spiro atoms. The monoisotopic (exact) mass is 883 g/mol. The topological polar surface area (TPSA) is 174 Å². The minimum Gasteiger partial charge on any atom is -0.481 e. The minimum absolute atomic E-state index is 0.334. The predicted molar refractivity (Wildman–Crippen MR) is 236 cm³/mol. The molecule has 366 valence electrons. The molecule has 0 aliphatic heterocycles. The second kappa shape index (κ2) is 57.0. The van der Waals surface area contributed by atoms with Crippen LogP contribution in [0.1, 0.15) is 257 Å². The SMILES string of the molecule is O=C(O)CCCCCCCCCCCCCCCCCNCCCCNCCCCCCCCCCCCCCCCCCCCCCCCOOOOOOOOOOO. The average molecular weight is 883 g/mol. The zero-order valence-electron chi connectivity index (χ0n) is 38.7. The second-order valence-electron chi connectivity index (χ2n) is 16.9. The van der Waals surface area contributed by atoms with Gasteiger partial charge in [0.2, 0.25) is 0 Å². The number of rotatable bonds is 57. The lowest BCUT2D eigenvalue weighted by atomic mass is 10.0. The summed E-state index contributed by atoms with van der Waals surface area (Å²) in [6, 6.07) is 0. The van der Waals surface area contributed by atoms with Crippen molar-refractivity contribution in [1.29, 1.82) is 0 Å². The highest BCUT2D eigenvalue weighted by molar-refractivity contribution is 5.66. The number of aliphatic carboxylic acids is 1. The van der Waals surface area contributed by atoms with Crippen LogP contribution in [0, 0.1) is 0 Å². The highest BCUT2D eigenvalue weighted by Gasteiger charge is 2.01. The van der Waals surface area contributed by atoms with Gasteiger partial charge in [-0.2, -0.15) is 0 Å². The zero-order chi connectivity index (χ0) is 43.9. The lowest BCUT2D eigenvalue weighted by Gasteiger charge is -2.07. The molecule has 0 amide bonds. The van der Waals surface area contributed by atoms with Gasteiger partial charge in [-0.1, -0.05) is 212 Å². The largest absolute Gasteiger partial charge is 0.481 e. The molecule has 0 rings (SSSR count). The van der Waals surface area contributed by atoms with Gasteiger partial charge in [-0.25, -0.2) is 10.1 Å². The van der Waals surface area contributed by atoms with Gasteiger partial charge in [0.25, 0.3) is 0 Å². The smallest absolute Gasteiger partial charge is 0.303 e. The Hall–Kier alpha value is -1.05. The predicted octanol–water partition coefficient (Wildman–Crippen LogP) is 13.7. The van der Waals surface area contributed by atoms with Crippen LogP contribution >= 0.6 is 0 Å². The Labute approximate surface area is 370 Å². The van der Waals surface area contributed by atoms with Gasteiger partial charge >= 0.3 is 5.97 Å². The summed E-state index contributed by atoms with van der Waals surface area (Å²) in [5, 5.41) is 56.8. The molecule has 4 N–H and O–H groups in total. The number of nitrogens with one attached hydrogen (secondary N) is 2. The van der Waals surface area contributed by atoms with Crippen LogP contribution in [-0.4, -0.2) is 49.1 Å². The molecule has 0 radical (unpaired) electrons. The third-order valence-electron chi connectivity index (χ3n) is 11.3. The van der Waals surface area contributed by atoms with E-state index in [4.69, 9.17) is 15.3 Å². The van der Waals surface area contributed by atoms with Gasteiger partial charge < -0.3 is 15.7 Å². The third-order valence-corrected chi connectivity index (χ3v) is 11.3. The van der Waals surface area contributed by atoms with Crippen LogP contribution in [0.15, 0.2) is 0 Å². The number of hydrogen-bond acceptors (Lipinski definition) is 14. The summed E-state index contributed by atoms with van der Waals surface area (Å²) >= 11 is 0. The summed E-state index contributed by atoms with van der Waals surface area (Å²) in [5.41, 5.74) is 0. The fourth-order valence-corrected chi connectivity index (χ4v) is 7.65. The Kier molecular flexibility index (Phi) is 56.0. The average Bonchev–Trinajstić information content (AvgIpc) is 3.26. The molecule has 0 aliphatic carbocycles. The first-order valence-electron chi connectivity index (χ1n) is 25.2. The lowest BCUT2D eigenvalue weighted by molar-refractivity contribution is -0.854. The third kappa shape index (κ3) is 59.0. The standard InChI is InChI=1S/C46H94N2O13/c49-46(50)40-34-30-26-22-18-14-10-9-12-16-20-24-28-32-36-42-48-44-38-37-43-47-41-35-31-27-23-19-15-11-7-5-3-1-2-4-6-8-13-17-21-25-29-33-39-45-52-54-56-58-60-61-59-57-55-53-51/h47-48,51H,1-45H2,(H,49,50). The number of hydrogen-bond donors (Lipinski definition) is 4. The van der Waals surface area contributed by atoms with E-state index in [1.807, 2.05) is 0 Å². The van der Waals surface area contributed by atoms with E-state index >= 15 is 0 Å². The molecule has 0 fully saturated rings. The molecule has 0 saturated heterocycles. The first-order chi connectivity index (χ1) is 30.3. The number of carboxylic acid groups (broad SMARTS) is 1. The van der Waals surface area contributed by atoms with Crippen molar-refractivity contribution in [2.75, 3.05) is 32.8 Å². The number of unbranched alkanes of at least 4 members (excludes halogenated alkanes) is 36. The normalized spacial score (nSPS) is 11.6. The van der Waals surface area contributed by atoms with Crippen LogP contribution < -0.4 is 10.6 Å². The van der Waals surface area contributed by atoms with Crippen molar-refractivity contribution in [3.05, 3.63) is 0 Å². The van der Waals surface area contributed by atoms with E-state index in [1.165, 1.54) is 251 Å². The van der Waals surface area contributed by atoms with E-state index in [1.54, 1.807) is 0 Å². The molecule has 0 aliphatic rings. The van der Waals surface area contributed by atoms with Crippen molar-refractivity contribution in [1.82, 2.24) is 10.6 Å². The Morgan fingerprint density at radius 3 is 0.820 bits per heavy atom. The second-order valence-corrected chi connectivity index (χ2v) is 16.9. The molecule has 15 heteroatoms. The van der Waals surface area contributed by atoms with Crippen molar-refractivity contribution in [2.45, 2.75) is 257 Å². The Balaban J connectivity index is 3.06. The molecule has 0 unspecified atom stereocenters. The van der Waals surface area contributed by atoms with Crippen molar-refractivity contribution < 1.29 is 65.4 Å². The number of carbonyl (C=O) groups is 1. The molecular formula is C46H94N2O13. The van der Waals surface area contributed by atoms with E-state index in [9.17, 15) is 4.79 Å². The van der Waals surface area contributed by atoms with E-state index in [-0.39, 0.29) is 0 Å². The van der Waals surface area contributed by atoms with Crippen molar-refractivity contribution in [3.8, 4) is 0 Å². The molecule has 0 bridgehead atoms. The Morgan fingerprint density at radius 1 is 0.295 bits per heavy atom. The summed E-state index contributed by atoms with van der Waals surface area (Å²) in [7, 11) is 0. The maximum Gasteiger partial charge on any atom is 0.303 e. The highest BCUT2D eigenvalue weighted by atomic mass is 17.9. The van der Waals surface area contributed by atoms with Crippen LogP contribution in [-0.2, 0) is 55.0 Å². The molecule has 0 saturated carbocycles. The fourth-order valence-electron chi connectivity index (χ4n) is 7.65. The molecule has 0 aromatic heterocycles. The van der Waals surface area contributed by atoms with E-state index in [0.717, 1.165) is 25.7 Å². The summed E-state index contributed by atoms with van der Waals surface area (Å²) < 4.78 is 0. The maximum atomic E-state index is 10.5. The van der Waals surface area contributed by atoms with Gasteiger partial charge in [-0.15, -0.1) is 0 Å². The highest BCUT2D eigenvalue weighted by Crippen LogP contribution is 2.16. The van der Waals surface area contributed by atoms with Gasteiger partial charge in [0, 0.05) is 6.42 Å². The van der Waals surface area contributed by atoms with E-state index in [2.05, 4.69) is 56.0 Å². The summed E-state index contributed by atoms with van der Waals surface area (Å²) in [5.74, 6) is -0.658. The Bertz CT molecular complexity index is 807. The molecular weight excluding hydrogens is 789 g/mol. The van der Waals surface area contributed by atoms with Crippen molar-refractivity contribution >= 4 is 5.97 Å². The van der Waals surface area contributed by atoms with Gasteiger partial charge in [0.15, 0.2) is 0 Å². The molecule has 61 heavy (non-hydrogen) atoms. The van der Waals surface area contributed by atoms with Crippen LogP contribution in [0.5, 0.6) is 0 Å². The van der Waals surface area contributed by atoms with Crippen molar-refractivity contribution in [2.24, 2.45) is 0 Å². The van der Waals surface area contributed by atoms with Crippen LogP contribution in [0.25, 0.3) is 0 Å². The van der Waals surface area contributed by atoms with Gasteiger partial charge in [-0.05, 0) is 110 Å². The maximum absolute atomic E-state index is 10.5. The first-order valence-corrected chi connectivity index (χ1v) is 25.2. The molecule has 0 aromatic carbocycles. The van der Waals surface area contributed by atoms with Crippen molar-refractivity contribution in [3.63, 3.8) is 0 Å². The lowest BCUT2D eigenvalue weighted by Crippen LogP contribution is -2.20. The van der Waals surface area contributed by atoms with Crippen LogP contribution in [0.4, 0.5) is 0 Å². The quantitative estimate of drug-likeness (QED) is 0.0258. The molecule has 0 heterocycles. The molecule has 15 nitrogen and oxygen atoms in total. The minimum atomic E-state index is -0.658. The fraction of sp³-hybridized carbons (Fsp3) is 0.978. The van der Waals surface area contributed by atoms with Gasteiger partial charge in [0.05, 0.1) is 6.61 Å². The summed E-state index contributed by atoms with van der Waals surface area (Å²) in [6.45, 7) is 5.05. The Morgan fingerprint density at radius 2 is 0.525 bits per heavy atom. The molecule has 0 atom stereocenters. The summed E-state index contributed by atoms with van der Waals surface area (Å²) in [6.07, 6.45) is 51.7. The number of carboxylic acids is 1. The van der Waals surface area contributed by atoms with E-state index in [0.29, 0.717) is 13.0 Å². The van der Waals surface area contributed by atoms with Gasteiger partial charge in [0.1, 0.15) is 0 Å². The zero-order valence-corrected chi connectivity index (χ0v) is 38.7. The van der Waals surface area contributed by atoms with Crippen LogP contribution in [0.3, 0.4) is 0 Å². The van der Waals surface area contributed by atoms with Crippen LogP contribution in [0.2, 0.25) is 0 Å². The van der Waals surface area contributed by atoms with E-state index < -0.39 is 5.97 Å².